The Hall–Kier alpha value is -1.75. The van der Waals surface area contributed by atoms with E-state index in [1.54, 1.807) is 10.9 Å². The van der Waals surface area contributed by atoms with Gasteiger partial charge >= 0.3 is 0 Å². The third-order valence-electron chi connectivity index (χ3n) is 2.81. The Balaban J connectivity index is 1.78. The van der Waals surface area contributed by atoms with Crippen LogP contribution in [0.15, 0.2) is 31.0 Å². The summed E-state index contributed by atoms with van der Waals surface area (Å²) in [6, 6.07) is 1.85. The third kappa shape index (κ3) is 4.44. The van der Waals surface area contributed by atoms with E-state index in [0.29, 0.717) is 5.92 Å². The fourth-order valence-corrected chi connectivity index (χ4v) is 1.84. The zero-order valence-corrected chi connectivity index (χ0v) is 11.6. The summed E-state index contributed by atoms with van der Waals surface area (Å²) >= 11 is 0. The van der Waals surface area contributed by atoms with Crippen LogP contribution < -0.4 is 5.32 Å². The number of hydrogen-bond acceptors (Lipinski definition) is 4. The lowest BCUT2D eigenvalue weighted by Crippen LogP contribution is -2.20. The van der Waals surface area contributed by atoms with Crippen molar-refractivity contribution in [2.24, 2.45) is 5.92 Å². The number of aryl methyl sites for hydroxylation is 1. The monoisotopic (exact) mass is 259 g/mol. The first-order valence-electron chi connectivity index (χ1n) is 6.76. The molecule has 0 radical (unpaired) electrons. The largest absolute Gasteiger partial charge is 0.316 e. The van der Waals surface area contributed by atoms with Crippen LogP contribution in [-0.2, 0) is 6.42 Å². The highest BCUT2D eigenvalue weighted by molar-refractivity contribution is 5.20. The summed E-state index contributed by atoms with van der Waals surface area (Å²) in [7, 11) is 0. The van der Waals surface area contributed by atoms with E-state index in [0.717, 1.165) is 31.7 Å². The van der Waals surface area contributed by atoms with Crippen LogP contribution in [0.1, 0.15) is 25.8 Å². The van der Waals surface area contributed by atoms with Crippen LogP contribution in [0, 0.1) is 5.92 Å². The Morgan fingerprint density at radius 1 is 1.37 bits per heavy atom. The zero-order chi connectivity index (χ0) is 13.5. The van der Waals surface area contributed by atoms with Gasteiger partial charge in [0.25, 0.3) is 0 Å². The molecule has 0 spiro atoms. The van der Waals surface area contributed by atoms with Gasteiger partial charge in [-0.3, -0.25) is 0 Å². The molecule has 102 valence electrons. The van der Waals surface area contributed by atoms with Crippen molar-refractivity contribution in [3.63, 3.8) is 0 Å². The minimum absolute atomic E-state index is 0.709. The Morgan fingerprint density at radius 2 is 2.26 bits per heavy atom. The number of aromatic nitrogens is 4. The maximum atomic E-state index is 4.32. The van der Waals surface area contributed by atoms with E-state index in [2.05, 4.69) is 34.2 Å². The molecule has 0 aliphatic carbocycles. The van der Waals surface area contributed by atoms with Gasteiger partial charge in [-0.15, -0.1) is 0 Å². The molecule has 0 fully saturated rings. The Kier molecular flexibility index (Phi) is 5.03. The molecule has 0 unspecified atom stereocenters. The lowest BCUT2D eigenvalue weighted by molar-refractivity contribution is 0.543. The second-order valence-corrected chi connectivity index (χ2v) is 5.06. The first kappa shape index (κ1) is 13.7. The number of hydrogen-bond donors (Lipinski definition) is 1. The second-order valence-electron chi connectivity index (χ2n) is 5.06. The number of nitrogens with zero attached hydrogens (tertiary/aromatic N) is 4. The number of rotatable bonds is 7. The molecule has 0 saturated carbocycles. The van der Waals surface area contributed by atoms with Gasteiger partial charge in [0.15, 0.2) is 5.82 Å². The highest BCUT2D eigenvalue weighted by atomic mass is 15.3. The minimum atomic E-state index is 0.709. The van der Waals surface area contributed by atoms with Crippen molar-refractivity contribution in [3.8, 4) is 5.82 Å². The van der Waals surface area contributed by atoms with Crippen molar-refractivity contribution in [3.05, 3.63) is 36.5 Å². The molecule has 1 N–H and O–H groups in total. The van der Waals surface area contributed by atoms with Crippen molar-refractivity contribution in [2.75, 3.05) is 13.1 Å². The SMILES string of the molecule is CC(C)CNCCCc1cnn(-c2ccncn2)c1. The van der Waals surface area contributed by atoms with Crippen molar-refractivity contribution >= 4 is 0 Å². The van der Waals surface area contributed by atoms with Crippen molar-refractivity contribution < 1.29 is 0 Å². The van der Waals surface area contributed by atoms with E-state index in [-0.39, 0.29) is 0 Å². The van der Waals surface area contributed by atoms with Crippen LogP contribution in [0.2, 0.25) is 0 Å². The van der Waals surface area contributed by atoms with Gasteiger partial charge in [-0.05, 0) is 37.4 Å². The molecular formula is C14H21N5. The summed E-state index contributed by atoms with van der Waals surface area (Å²) in [5.41, 5.74) is 1.24. The average molecular weight is 259 g/mol. The summed E-state index contributed by atoms with van der Waals surface area (Å²) in [5.74, 6) is 1.51. The van der Waals surface area contributed by atoms with E-state index < -0.39 is 0 Å². The van der Waals surface area contributed by atoms with Gasteiger partial charge in [-0.25, -0.2) is 14.6 Å². The topological polar surface area (TPSA) is 55.6 Å². The molecule has 2 heterocycles. The zero-order valence-electron chi connectivity index (χ0n) is 11.6. The van der Waals surface area contributed by atoms with Gasteiger partial charge in [0.05, 0.1) is 6.20 Å². The lowest BCUT2D eigenvalue weighted by atomic mass is 10.2. The molecule has 0 amide bonds. The van der Waals surface area contributed by atoms with E-state index in [1.807, 2.05) is 18.5 Å². The molecule has 19 heavy (non-hydrogen) atoms. The summed E-state index contributed by atoms with van der Waals surface area (Å²) in [6.07, 6.45) is 9.36. The molecule has 2 aromatic heterocycles. The molecule has 0 aromatic carbocycles. The molecule has 2 aromatic rings. The molecule has 5 nitrogen and oxygen atoms in total. The minimum Gasteiger partial charge on any atom is -0.316 e. The van der Waals surface area contributed by atoms with E-state index in [4.69, 9.17) is 0 Å². The molecule has 5 heteroatoms. The van der Waals surface area contributed by atoms with Gasteiger partial charge in [-0.1, -0.05) is 13.8 Å². The average Bonchev–Trinajstić information content (AvgIpc) is 2.88. The molecular weight excluding hydrogens is 238 g/mol. The molecule has 0 atom stereocenters. The molecule has 0 aliphatic heterocycles. The molecule has 2 rings (SSSR count). The van der Waals surface area contributed by atoms with E-state index >= 15 is 0 Å². The highest BCUT2D eigenvalue weighted by Gasteiger charge is 2.01. The van der Waals surface area contributed by atoms with Gasteiger partial charge in [-0.2, -0.15) is 5.10 Å². The summed E-state index contributed by atoms with van der Waals surface area (Å²) in [5, 5.41) is 7.77. The van der Waals surface area contributed by atoms with Crippen molar-refractivity contribution in [2.45, 2.75) is 26.7 Å². The molecule has 0 aliphatic rings. The van der Waals surface area contributed by atoms with E-state index in [1.165, 1.54) is 11.9 Å². The van der Waals surface area contributed by atoms with Crippen molar-refractivity contribution in [1.29, 1.82) is 0 Å². The molecule has 0 bridgehead atoms. The van der Waals surface area contributed by atoms with Crippen LogP contribution >= 0.6 is 0 Å². The normalized spacial score (nSPS) is 11.1. The van der Waals surface area contributed by atoms with Crippen LogP contribution in [-0.4, -0.2) is 32.8 Å². The Bertz CT molecular complexity index is 478. The fourth-order valence-electron chi connectivity index (χ4n) is 1.84. The van der Waals surface area contributed by atoms with Crippen LogP contribution in [0.25, 0.3) is 5.82 Å². The first-order valence-corrected chi connectivity index (χ1v) is 6.76. The first-order chi connectivity index (χ1) is 9.25. The second kappa shape index (κ2) is 6.99. The van der Waals surface area contributed by atoms with Crippen molar-refractivity contribution in [1.82, 2.24) is 25.1 Å². The van der Waals surface area contributed by atoms with Gasteiger partial charge in [0, 0.05) is 18.5 Å². The summed E-state index contributed by atoms with van der Waals surface area (Å²) in [4.78, 5) is 8.07. The van der Waals surface area contributed by atoms with Gasteiger partial charge < -0.3 is 5.32 Å². The smallest absolute Gasteiger partial charge is 0.156 e. The maximum absolute atomic E-state index is 4.32. The Labute approximate surface area is 114 Å². The predicted octanol–water partition coefficient (Wildman–Crippen LogP) is 1.84. The quantitative estimate of drug-likeness (QED) is 0.771. The maximum Gasteiger partial charge on any atom is 0.156 e. The predicted molar refractivity (Wildman–Crippen MR) is 75.2 cm³/mol. The summed E-state index contributed by atoms with van der Waals surface area (Å²) in [6.45, 7) is 6.58. The highest BCUT2D eigenvalue weighted by Crippen LogP contribution is 2.06. The van der Waals surface area contributed by atoms with Gasteiger partial charge in [0.1, 0.15) is 6.33 Å². The summed E-state index contributed by atoms with van der Waals surface area (Å²) < 4.78 is 1.79. The number of nitrogens with one attached hydrogen (secondary N) is 1. The fraction of sp³-hybridized carbons (Fsp3) is 0.500. The van der Waals surface area contributed by atoms with Crippen LogP contribution in [0.3, 0.4) is 0 Å². The standard InChI is InChI=1S/C14H21N5/c1-12(2)8-15-6-3-4-13-9-18-19(10-13)14-5-7-16-11-17-14/h5,7,9-12,15H,3-4,6,8H2,1-2H3. The lowest BCUT2D eigenvalue weighted by Gasteiger charge is -2.06. The molecule has 0 saturated heterocycles. The van der Waals surface area contributed by atoms with Crippen LogP contribution in [0.5, 0.6) is 0 Å². The van der Waals surface area contributed by atoms with Gasteiger partial charge in [0.2, 0.25) is 0 Å². The third-order valence-corrected chi connectivity index (χ3v) is 2.81. The van der Waals surface area contributed by atoms with E-state index in [9.17, 15) is 0 Å². The Morgan fingerprint density at radius 3 is 3.00 bits per heavy atom. The van der Waals surface area contributed by atoms with Crippen LogP contribution in [0.4, 0.5) is 0 Å².